The summed E-state index contributed by atoms with van der Waals surface area (Å²) in [4.78, 5) is 13.6. The van der Waals surface area contributed by atoms with Gasteiger partial charge in [0.1, 0.15) is 6.54 Å². The molecule has 2 aromatic carbocycles. The summed E-state index contributed by atoms with van der Waals surface area (Å²) in [7, 11) is -3.00. The zero-order chi connectivity index (χ0) is 31.0. The van der Waals surface area contributed by atoms with Gasteiger partial charge in [0.2, 0.25) is 0 Å². The monoisotopic (exact) mass is 624 g/mol. The summed E-state index contributed by atoms with van der Waals surface area (Å²) < 4.78 is 61.7. The highest BCUT2D eigenvalue weighted by atomic mass is 32.3. The molecule has 1 fully saturated rings. The van der Waals surface area contributed by atoms with Crippen molar-refractivity contribution in [2.75, 3.05) is 35.0 Å². The molecule has 10 nitrogen and oxygen atoms in total. The fraction of sp³-hybridized carbons (Fsp3) is 0.448. The molecule has 1 amide bonds. The first-order valence-corrected chi connectivity index (χ1v) is 15.8. The summed E-state index contributed by atoms with van der Waals surface area (Å²) in [5.41, 5.74) is 2.89. The van der Waals surface area contributed by atoms with Gasteiger partial charge < -0.3 is 21.1 Å². The number of alkyl halides is 3. The lowest BCUT2D eigenvalue weighted by Crippen LogP contribution is -2.48. The predicted molar refractivity (Wildman–Crippen MR) is 162 cm³/mol. The minimum atomic E-state index is -4.38. The molecular formula is C29H39F3N6O4S. The van der Waals surface area contributed by atoms with Crippen LogP contribution in [0.25, 0.3) is 0 Å². The number of aromatic nitrogens is 2. The highest BCUT2D eigenvalue weighted by Gasteiger charge is 2.30. The van der Waals surface area contributed by atoms with E-state index in [2.05, 4.69) is 21.0 Å². The lowest BCUT2D eigenvalue weighted by molar-refractivity contribution is -0.142. The summed E-state index contributed by atoms with van der Waals surface area (Å²) >= 11 is 0. The van der Waals surface area contributed by atoms with Crippen LogP contribution in [0.2, 0.25) is 0 Å². The SMILES string of the molecule is CCNc1cc(C(=O)N[C@@H](Cc2ccccc2)[C@@H](O)CNCc2cnn(CC(F)(F)F)c2)cc(N2CCCCS2(O)O)c1. The number of aliphatic hydroxyl groups is 1. The standard InChI is InChI=1S/C29H39F3N6O4S/c1-2-34-24-13-23(14-25(15-24)38-10-6-7-11-43(38,41)42)28(40)36-26(12-21-8-4-3-5-9-21)27(39)18-33-16-22-17-35-37(19-22)20-29(30,31)32/h3-5,8-9,13-15,17,19,26-27,33-34,39,41-42H,2,6-7,10-12,16,18,20H2,1H3,(H,36,40)/t26-,27-/m0/s1. The molecular weight excluding hydrogens is 585 g/mol. The largest absolute Gasteiger partial charge is 0.408 e. The molecule has 14 heteroatoms. The number of halogens is 3. The summed E-state index contributed by atoms with van der Waals surface area (Å²) in [5, 5.41) is 24.0. The number of benzene rings is 2. The third-order valence-electron chi connectivity index (χ3n) is 7.02. The van der Waals surface area contributed by atoms with Crippen LogP contribution >= 0.6 is 10.8 Å². The van der Waals surface area contributed by atoms with Gasteiger partial charge in [-0.05, 0) is 49.9 Å². The van der Waals surface area contributed by atoms with Gasteiger partial charge in [0.15, 0.2) is 0 Å². The fourth-order valence-corrected chi connectivity index (χ4v) is 6.65. The number of anilines is 2. The van der Waals surface area contributed by atoms with E-state index in [0.29, 0.717) is 48.4 Å². The second-order valence-electron chi connectivity index (χ2n) is 10.6. The summed E-state index contributed by atoms with van der Waals surface area (Å²) in [6.45, 7) is 2.01. The first-order chi connectivity index (χ1) is 20.4. The molecule has 0 aliphatic carbocycles. The third-order valence-corrected chi connectivity index (χ3v) is 8.96. The number of carbonyl (C=O) groups excluding carboxylic acids is 1. The van der Waals surface area contributed by atoms with Gasteiger partial charge in [-0.25, -0.2) is 0 Å². The lowest BCUT2D eigenvalue weighted by atomic mass is 10.00. The van der Waals surface area contributed by atoms with E-state index in [1.165, 1.54) is 12.4 Å². The molecule has 0 saturated carbocycles. The number of rotatable bonds is 13. The molecule has 1 saturated heterocycles. The van der Waals surface area contributed by atoms with Gasteiger partial charge in [-0.3, -0.25) is 22.9 Å². The zero-order valence-corrected chi connectivity index (χ0v) is 24.7. The summed E-state index contributed by atoms with van der Waals surface area (Å²) in [6.07, 6.45) is -0.961. The Morgan fingerprint density at radius 3 is 2.58 bits per heavy atom. The molecule has 6 N–H and O–H groups in total. The Labute approximate surface area is 250 Å². The van der Waals surface area contributed by atoms with Crippen LogP contribution in [0.1, 0.15) is 41.3 Å². The topological polar surface area (TPSA) is 135 Å². The van der Waals surface area contributed by atoms with Gasteiger partial charge >= 0.3 is 6.18 Å². The van der Waals surface area contributed by atoms with Gasteiger partial charge in [0.05, 0.1) is 29.8 Å². The molecule has 1 aromatic heterocycles. The highest BCUT2D eigenvalue weighted by Crippen LogP contribution is 2.50. The molecule has 0 radical (unpaired) electrons. The number of nitrogens with zero attached hydrogens (tertiary/aromatic N) is 3. The van der Waals surface area contributed by atoms with Crippen LogP contribution in [0.15, 0.2) is 60.9 Å². The van der Waals surface area contributed by atoms with Gasteiger partial charge in [0.25, 0.3) is 5.91 Å². The van der Waals surface area contributed by atoms with E-state index in [9.17, 15) is 32.2 Å². The molecule has 43 heavy (non-hydrogen) atoms. The Hall–Kier alpha value is -3.30. The van der Waals surface area contributed by atoms with Gasteiger partial charge in [0, 0.05) is 49.2 Å². The van der Waals surface area contributed by atoms with E-state index in [-0.39, 0.29) is 18.8 Å². The minimum Gasteiger partial charge on any atom is -0.390 e. The van der Waals surface area contributed by atoms with Crippen molar-refractivity contribution in [1.29, 1.82) is 0 Å². The van der Waals surface area contributed by atoms with Crippen molar-refractivity contribution in [2.24, 2.45) is 0 Å². The van der Waals surface area contributed by atoms with Gasteiger partial charge in [-0.1, -0.05) is 30.3 Å². The molecule has 2 atom stereocenters. The smallest absolute Gasteiger partial charge is 0.390 e. The maximum Gasteiger partial charge on any atom is 0.408 e. The Morgan fingerprint density at radius 2 is 1.88 bits per heavy atom. The molecule has 0 bridgehead atoms. The third kappa shape index (κ3) is 9.60. The van der Waals surface area contributed by atoms with Crippen molar-refractivity contribution in [3.8, 4) is 0 Å². The lowest BCUT2D eigenvalue weighted by Gasteiger charge is -2.47. The quantitative estimate of drug-likeness (QED) is 0.162. The average Bonchev–Trinajstić information content (AvgIpc) is 3.38. The first-order valence-electron chi connectivity index (χ1n) is 14.2. The van der Waals surface area contributed by atoms with Crippen LogP contribution in [-0.4, -0.2) is 73.6 Å². The van der Waals surface area contributed by atoms with Crippen LogP contribution in [0.4, 0.5) is 24.5 Å². The van der Waals surface area contributed by atoms with E-state index in [1.807, 2.05) is 37.3 Å². The van der Waals surface area contributed by atoms with E-state index in [0.717, 1.165) is 16.7 Å². The van der Waals surface area contributed by atoms with Crippen molar-refractivity contribution in [3.63, 3.8) is 0 Å². The van der Waals surface area contributed by atoms with Crippen molar-refractivity contribution >= 4 is 28.1 Å². The van der Waals surface area contributed by atoms with Crippen molar-refractivity contribution < 1.29 is 32.2 Å². The maximum atomic E-state index is 13.6. The molecule has 2 heterocycles. The van der Waals surface area contributed by atoms with Crippen molar-refractivity contribution in [1.82, 2.24) is 20.4 Å². The second-order valence-corrected chi connectivity index (χ2v) is 12.7. The van der Waals surface area contributed by atoms with Crippen molar-refractivity contribution in [2.45, 2.75) is 57.6 Å². The Balaban J connectivity index is 1.48. The van der Waals surface area contributed by atoms with E-state index < -0.39 is 41.5 Å². The summed E-state index contributed by atoms with van der Waals surface area (Å²) in [6, 6.07) is 13.8. The Kier molecular flexibility index (Phi) is 11.0. The van der Waals surface area contributed by atoms with Gasteiger partial charge in [-0.15, -0.1) is 10.8 Å². The van der Waals surface area contributed by atoms with E-state index >= 15 is 0 Å². The number of hydrogen-bond donors (Lipinski definition) is 6. The number of aliphatic hydroxyl groups excluding tert-OH is 1. The molecule has 3 aromatic rings. The van der Waals surface area contributed by atoms with Crippen LogP contribution in [-0.2, 0) is 19.5 Å². The maximum absolute atomic E-state index is 13.6. The Bertz CT molecular complexity index is 1340. The molecule has 0 unspecified atom stereocenters. The molecule has 1 aliphatic rings. The van der Waals surface area contributed by atoms with Crippen LogP contribution in [0, 0.1) is 0 Å². The van der Waals surface area contributed by atoms with Crippen molar-refractivity contribution in [3.05, 3.63) is 77.6 Å². The number of hydrogen-bond acceptors (Lipinski definition) is 8. The van der Waals surface area contributed by atoms with E-state index in [1.54, 1.807) is 22.5 Å². The Morgan fingerprint density at radius 1 is 1.12 bits per heavy atom. The molecule has 1 aliphatic heterocycles. The predicted octanol–water partition coefficient (Wildman–Crippen LogP) is 4.63. The normalized spacial score (nSPS) is 17.2. The molecule has 236 valence electrons. The van der Waals surface area contributed by atoms with E-state index in [4.69, 9.17) is 0 Å². The average molecular weight is 625 g/mol. The zero-order valence-electron chi connectivity index (χ0n) is 23.9. The summed E-state index contributed by atoms with van der Waals surface area (Å²) in [5.74, 6) is -0.176. The fourth-order valence-electron chi connectivity index (χ4n) is 4.98. The van der Waals surface area contributed by atoms with Crippen LogP contribution in [0.5, 0.6) is 0 Å². The van der Waals surface area contributed by atoms with Gasteiger partial charge in [-0.2, -0.15) is 18.3 Å². The first kappa shape index (κ1) is 32.6. The van der Waals surface area contributed by atoms with Crippen LogP contribution in [0.3, 0.4) is 0 Å². The minimum absolute atomic E-state index is 0.0552. The number of nitrogens with one attached hydrogen (secondary N) is 3. The second kappa shape index (κ2) is 14.4. The molecule has 4 rings (SSSR count). The highest BCUT2D eigenvalue weighted by molar-refractivity contribution is 8.25. The number of amides is 1. The van der Waals surface area contributed by atoms with Crippen LogP contribution < -0.4 is 20.3 Å². The number of carbonyl (C=O) groups is 1. The molecule has 0 spiro atoms.